The first-order valence-corrected chi connectivity index (χ1v) is 8.73. The number of benzene rings is 2. The second-order valence-electron chi connectivity index (χ2n) is 5.77. The van der Waals surface area contributed by atoms with E-state index in [1.54, 1.807) is 42.5 Å². The van der Waals surface area contributed by atoms with Crippen LogP contribution in [0, 0.1) is 22.7 Å². The van der Waals surface area contributed by atoms with Gasteiger partial charge in [-0.2, -0.15) is 10.5 Å². The molecule has 1 aromatic heterocycles. The molecule has 0 aliphatic heterocycles. The molecule has 6 nitrogen and oxygen atoms in total. The van der Waals surface area contributed by atoms with Crippen molar-refractivity contribution in [2.45, 2.75) is 6.61 Å². The number of hydrogen-bond acceptors (Lipinski definition) is 5. The zero-order valence-electron chi connectivity index (χ0n) is 14.3. The molecule has 0 bridgehead atoms. The highest BCUT2D eigenvalue weighted by Gasteiger charge is 2.18. The number of nitrogens with zero attached hydrogens (tertiary/aromatic N) is 2. The lowest BCUT2D eigenvalue weighted by Gasteiger charge is -2.11. The average molecular weight is 411 g/mol. The average Bonchev–Trinajstić information content (AvgIpc) is 2.67. The lowest BCUT2D eigenvalue weighted by atomic mass is 9.96. The molecule has 2 aromatic carbocycles. The van der Waals surface area contributed by atoms with E-state index in [4.69, 9.17) is 33.7 Å². The molecule has 8 heteroatoms. The van der Waals surface area contributed by atoms with E-state index in [2.05, 4.69) is 4.98 Å². The smallest absolute Gasteiger partial charge is 0.268 e. The molecule has 138 valence electrons. The summed E-state index contributed by atoms with van der Waals surface area (Å²) in [6.07, 6.45) is 0. The zero-order valence-corrected chi connectivity index (χ0v) is 15.8. The molecule has 0 fully saturated rings. The van der Waals surface area contributed by atoms with Gasteiger partial charge in [0.1, 0.15) is 41.4 Å². The van der Waals surface area contributed by atoms with E-state index in [-0.39, 0.29) is 29.1 Å². The minimum absolute atomic E-state index is 0.0396. The van der Waals surface area contributed by atoms with Gasteiger partial charge in [0.15, 0.2) is 0 Å². The Bertz CT molecular complexity index is 1190. The molecule has 0 aliphatic carbocycles. The van der Waals surface area contributed by atoms with Gasteiger partial charge in [-0.05, 0) is 29.8 Å². The van der Waals surface area contributed by atoms with Crippen LogP contribution in [0.25, 0.3) is 11.1 Å². The van der Waals surface area contributed by atoms with Crippen molar-refractivity contribution in [3.8, 4) is 29.0 Å². The Kier molecular flexibility index (Phi) is 5.56. The second kappa shape index (κ2) is 8.06. The Hall–Kier alpha value is -3.45. The summed E-state index contributed by atoms with van der Waals surface area (Å²) in [6.45, 7) is 0.236. The van der Waals surface area contributed by atoms with Crippen molar-refractivity contribution < 1.29 is 4.74 Å². The predicted molar refractivity (Wildman–Crippen MR) is 107 cm³/mol. The normalized spacial score (nSPS) is 10.1. The van der Waals surface area contributed by atoms with Gasteiger partial charge in [0.25, 0.3) is 5.56 Å². The van der Waals surface area contributed by atoms with E-state index in [0.29, 0.717) is 21.4 Å². The number of ether oxygens (including phenoxy) is 1. The highest BCUT2D eigenvalue weighted by atomic mass is 35.5. The largest absolute Gasteiger partial charge is 0.489 e. The minimum Gasteiger partial charge on any atom is -0.489 e. The minimum atomic E-state index is -0.647. The summed E-state index contributed by atoms with van der Waals surface area (Å²) >= 11 is 12.0. The van der Waals surface area contributed by atoms with Gasteiger partial charge < -0.3 is 15.5 Å². The van der Waals surface area contributed by atoms with E-state index in [1.807, 2.05) is 12.1 Å². The molecular formula is C20H12Cl2N4O2. The van der Waals surface area contributed by atoms with Gasteiger partial charge in [-0.1, -0.05) is 41.4 Å². The molecule has 0 saturated heterocycles. The maximum absolute atomic E-state index is 12.0. The van der Waals surface area contributed by atoms with Crippen LogP contribution in [-0.2, 0) is 6.61 Å². The molecule has 3 aromatic rings. The summed E-state index contributed by atoms with van der Waals surface area (Å²) < 4.78 is 5.71. The van der Waals surface area contributed by atoms with Crippen molar-refractivity contribution >= 4 is 29.0 Å². The van der Waals surface area contributed by atoms with Crippen LogP contribution in [-0.4, -0.2) is 4.98 Å². The van der Waals surface area contributed by atoms with Gasteiger partial charge in [-0.25, -0.2) is 0 Å². The number of nitrogens with one attached hydrogen (secondary N) is 1. The fraction of sp³-hybridized carbons (Fsp3) is 0.0500. The van der Waals surface area contributed by atoms with Crippen LogP contribution in [0.1, 0.15) is 16.7 Å². The zero-order chi connectivity index (χ0) is 20.3. The Morgan fingerprint density at radius 2 is 1.71 bits per heavy atom. The van der Waals surface area contributed by atoms with Gasteiger partial charge in [0.2, 0.25) is 0 Å². The van der Waals surface area contributed by atoms with Crippen LogP contribution in [0.3, 0.4) is 0 Å². The molecule has 0 amide bonds. The van der Waals surface area contributed by atoms with E-state index in [1.165, 1.54) is 0 Å². The van der Waals surface area contributed by atoms with E-state index < -0.39 is 5.56 Å². The molecule has 3 rings (SSSR count). The maximum atomic E-state index is 12.0. The number of pyridine rings is 1. The van der Waals surface area contributed by atoms with Gasteiger partial charge in [-0.15, -0.1) is 0 Å². The second-order valence-corrected chi connectivity index (χ2v) is 6.61. The summed E-state index contributed by atoms with van der Waals surface area (Å²) in [5.41, 5.74) is 6.42. The van der Waals surface area contributed by atoms with Gasteiger partial charge in [0, 0.05) is 21.2 Å². The summed E-state index contributed by atoms with van der Waals surface area (Å²) in [5, 5.41) is 19.7. The SMILES string of the molecule is N#Cc1c(N)[nH]c(=O)c(C#N)c1-c1ccc(OCc2ccc(Cl)cc2Cl)cc1. The molecule has 1 heterocycles. The fourth-order valence-corrected chi connectivity index (χ4v) is 3.11. The Morgan fingerprint density at radius 3 is 2.32 bits per heavy atom. The number of nitrogen functional groups attached to an aromatic ring is 1. The number of rotatable bonds is 4. The maximum Gasteiger partial charge on any atom is 0.268 e. The van der Waals surface area contributed by atoms with Crippen LogP contribution in [0.4, 0.5) is 5.82 Å². The lowest BCUT2D eigenvalue weighted by Crippen LogP contribution is -2.16. The number of aromatic amines is 1. The monoisotopic (exact) mass is 410 g/mol. The highest BCUT2D eigenvalue weighted by molar-refractivity contribution is 6.35. The predicted octanol–water partition coefficient (Wildman–Crippen LogP) is 4.25. The molecule has 0 unspecified atom stereocenters. The van der Waals surface area contributed by atoms with Gasteiger partial charge in [-0.3, -0.25) is 4.79 Å². The number of hydrogen-bond donors (Lipinski definition) is 2. The molecule has 28 heavy (non-hydrogen) atoms. The number of nitriles is 2. The first-order valence-electron chi connectivity index (χ1n) is 7.97. The topological polar surface area (TPSA) is 116 Å². The first kappa shape index (κ1) is 19.3. The van der Waals surface area contributed by atoms with Crippen LogP contribution in [0.2, 0.25) is 10.0 Å². The molecule has 3 N–H and O–H groups in total. The number of anilines is 1. The van der Waals surface area contributed by atoms with E-state index >= 15 is 0 Å². The van der Waals surface area contributed by atoms with Crippen LogP contribution in [0.5, 0.6) is 5.75 Å². The van der Waals surface area contributed by atoms with E-state index in [9.17, 15) is 15.3 Å². The van der Waals surface area contributed by atoms with Crippen LogP contribution < -0.4 is 16.0 Å². The van der Waals surface area contributed by atoms with Crippen molar-refractivity contribution in [2.24, 2.45) is 0 Å². The van der Waals surface area contributed by atoms with Crippen molar-refractivity contribution in [3.05, 3.63) is 79.6 Å². The van der Waals surface area contributed by atoms with Crippen LogP contribution >= 0.6 is 23.2 Å². The summed E-state index contributed by atoms with van der Waals surface area (Å²) in [5.74, 6) is 0.462. The van der Waals surface area contributed by atoms with Crippen molar-refractivity contribution in [3.63, 3.8) is 0 Å². The van der Waals surface area contributed by atoms with Crippen LogP contribution in [0.15, 0.2) is 47.3 Å². The summed E-state index contributed by atoms with van der Waals surface area (Å²) in [4.78, 5) is 14.3. The quantitative estimate of drug-likeness (QED) is 0.666. The molecule has 0 aliphatic rings. The third-order valence-electron chi connectivity index (χ3n) is 4.02. The Labute approximate surface area is 170 Å². The third kappa shape index (κ3) is 3.79. The number of H-pyrrole nitrogens is 1. The molecule has 0 radical (unpaired) electrons. The Morgan fingerprint density at radius 1 is 1.04 bits per heavy atom. The van der Waals surface area contributed by atoms with E-state index in [0.717, 1.165) is 5.56 Å². The molecular weight excluding hydrogens is 399 g/mol. The van der Waals surface area contributed by atoms with Crippen molar-refractivity contribution in [1.29, 1.82) is 10.5 Å². The number of nitrogens with two attached hydrogens (primary N) is 1. The lowest BCUT2D eigenvalue weighted by molar-refractivity contribution is 0.306. The summed E-state index contributed by atoms with van der Waals surface area (Å²) in [6, 6.07) is 15.5. The van der Waals surface area contributed by atoms with Gasteiger partial charge in [0.05, 0.1) is 0 Å². The Balaban J connectivity index is 1.91. The van der Waals surface area contributed by atoms with Gasteiger partial charge >= 0.3 is 0 Å². The molecule has 0 spiro atoms. The number of halogens is 2. The van der Waals surface area contributed by atoms with Crippen molar-refractivity contribution in [2.75, 3.05) is 5.73 Å². The molecule has 0 saturated carbocycles. The summed E-state index contributed by atoms with van der Waals surface area (Å²) in [7, 11) is 0. The molecule has 0 atom stereocenters. The standard InChI is InChI=1S/C20H12Cl2N4O2/c21-13-4-1-12(17(22)7-13)10-28-14-5-2-11(3-6-14)18-15(8-23)19(25)26-20(27)16(18)9-24/h1-7H,10H2,(H3,25,26,27). The first-order chi connectivity index (χ1) is 13.4. The van der Waals surface area contributed by atoms with Crippen molar-refractivity contribution in [1.82, 2.24) is 4.98 Å². The third-order valence-corrected chi connectivity index (χ3v) is 4.61. The number of aromatic nitrogens is 1. The fourth-order valence-electron chi connectivity index (χ4n) is 2.65. The highest BCUT2D eigenvalue weighted by Crippen LogP contribution is 2.30.